The topological polar surface area (TPSA) is 18.5 Å². The van der Waals surface area contributed by atoms with Gasteiger partial charge >= 0.3 is 12.3 Å². The van der Waals surface area contributed by atoms with Gasteiger partial charge in [0.05, 0.1) is 0 Å². The Balaban J connectivity index is 2.28. The Labute approximate surface area is 109 Å². The Morgan fingerprint density at radius 1 is 1.11 bits per heavy atom. The summed E-state index contributed by atoms with van der Waals surface area (Å²) >= 11 is 2.61. The molecule has 1 unspecified atom stereocenters. The van der Waals surface area contributed by atoms with E-state index in [1.54, 1.807) is 0 Å². The van der Waals surface area contributed by atoms with Gasteiger partial charge in [-0.2, -0.15) is 8.78 Å². The van der Waals surface area contributed by atoms with Crippen molar-refractivity contribution in [1.29, 1.82) is 0 Å². The van der Waals surface area contributed by atoms with Gasteiger partial charge in [-0.25, -0.2) is 8.78 Å². The summed E-state index contributed by atoms with van der Waals surface area (Å²) in [4.78, 5) is -1.78. The third kappa shape index (κ3) is 2.41. The lowest BCUT2D eigenvalue weighted by molar-refractivity contribution is -0.127. The van der Waals surface area contributed by atoms with E-state index < -0.39 is 17.2 Å². The van der Waals surface area contributed by atoms with Gasteiger partial charge in [0.25, 0.3) is 0 Å². The fraction of sp³-hybridized carbons (Fsp3) is 0.455. The first-order valence-electron chi connectivity index (χ1n) is 5.12. The van der Waals surface area contributed by atoms with Crippen LogP contribution in [-0.4, -0.2) is 25.6 Å². The molecular weight excluding hydrogens is 320 g/mol. The van der Waals surface area contributed by atoms with Crippen LogP contribution < -0.4 is 9.47 Å². The number of hydrogen-bond donors (Lipinski definition) is 0. The van der Waals surface area contributed by atoms with Crippen molar-refractivity contribution in [3.05, 3.63) is 23.8 Å². The molecule has 1 aliphatic heterocycles. The van der Waals surface area contributed by atoms with Crippen molar-refractivity contribution in [3.63, 3.8) is 0 Å². The van der Waals surface area contributed by atoms with E-state index in [0.29, 0.717) is 19.0 Å². The molecule has 2 rings (SSSR count). The molecule has 18 heavy (non-hydrogen) atoms. The average molecular weight is 329 g/mol. The van der Waals surface area contributed by atoms with Crippen molar-refractivity contribution in [1.82, 2.24) is 0 Å². The minimum absolute atomic E-state index is 0.0181. The second-order valence-corrected chi connectivity index (χ2v) is 4.66. The molecule has 0 saturated carbocycles. The molecule has 100 valence electrons. The van der Waals surface area contributed by atoms with Crippen molar-refractivity contribution in [2.75, 3.05) is 13.2 Å². The van der Waals surface area contributed by atoms with E-state index in [0.717, 1.165) is 0 Å². The molecule has 0 N–H and O–H groups in total. The van der Waals surface area contributed by atoms with Crippen LogP contribution in [0.15, 0.2) is 18.2 Å². The summed E-state index contributed by atoms with van der Waals surface area (Å²) in [6, 6.07) is 4.02. The van der Waals surface area contributed by atoms with Crippen molar-refractivity contribution in [2.45, 2.75) is 17.2 Å². The van der Waals surface area contributed by atoms with Gasteiger partial charge in [0, 0.05) is 0 Å². The molecule has 1 aliphatic rings. The van der Waals surface area contributed by atoms with Gasteiger partial charge in [-0.15, -0.1) is 0 Å². The van der Waals surface area contributed by atoms with E-state index >= 15 is 0 Å². The lowest BCUT2D eigenvalue weighted by Crippen LogP contribution is -2.31. The summed E-state index contributed by atoms with van der Waals surface area (Å²) in [6.45, 7) is 0.673. The van der Waals surface area contributed by atoms with Crippen LogP contribution in [0.25, 0.3) is 0 Å². The van der Waals surface area contributed by atoms with Crippen molar-refractivity contribution >= 4 is 15.9 Å². The predicted octanol–water partition coefficient (Wildman–Crippen LogP) is 3.79. The SMILES string of the molecule is FC(F)C(F)(F)C(Br)c1ccc2c(c1)OCCO2. The van der Waals surface area contributed by atoms with Crippen molar-refractivity contribution < 1.29 is 27.0 Å². The zero-order valence-corrected chi connectivity index (χ0v) is 10.6. The molecule has 0 fully saturated rings. The van der Waals surface area contributed by atoms with Crippen LogP contribution in [0.1, 0.15) is 10.4 Å². The highest BCUT2D eigenvalue weighted by Crippen LogP contribution is 2.44. The van der Waals surface area contributed by atoms with Gasteiger partial charge in [0.1, 0.15) is 18.0 Å². The standard InChI is InChI=1S/C11H9BrF4O2/c12-9(11(15,16)10(13)14)6-1-2-7-8(5-6)18-4-3-17-7/h1-2,5,9-10H,3-4H2. The molecule has 1 aromatic rings. The monoisotopic (exact) mass is 328 g/mol. The van der Waals surface area contributed by atoms with Gasteiger partial charge in [0.2, 0.25) is 0 Å². The maximum Gasteiger partial charge on any atom is 0.323 e. The van der Waals surface area contributed by atoms with Gasteiger partial charge in [0.15, 0.2) is 11.5 Å². The first-order chi connectivity index (χ1) is 8.43. The fourth-order valence-corrected chi connectivity index (χ4v) is 2.04. The molecule has 0 amide bonds. The Hall–Kier alpha value is -0.980. The van der Waals surface area contributed by atoms with Gasteiger partial charge in [-0.3, -0.25) is 0 Å². The summed E-state index contributed by atoms with van der Waals surface area (Å²) < 4.78 is 61.3. The zero-order valence-electron chi connectivity index (χ0n) is 9.01. The first-order valence-corrected chi connectivity index (χ1v) is 6.04. The first kappa shape index (κ1) is 13.5. The van der Waals surface area contributed by atoms with Crippen LogP contribution in [0.3, 0.4) is 0 Å². The molecule has 0 saturated heterocycles. The van der Waals surface area contributed by atoms with E-state index in [1.807, 2.05) is 0 Å². The number of benzene rings is 1. The van der Waals surface area contributed by atoms with E-state index in [2.05, 4.69) is 15.9 Å². The van der Waals surface area contributed by atoms with Crippen molar-refractivity contribution in [3.8, 4) is 11.5 Å². The maximum absolute atomic E-state index is 13.2. The van der Waals surface area contributed by atoms with Crippen LogP contribution in [0, 0.1) is 0 Å². The second-order valence-electron chi connectivity index (χ2n) is 3.74. The van der Waals surface area contributed by atoms with Gasteiger partial charge in [-0.05, 0) is 17.7 Å². The number of rotatable bonds is 3. The normalized spacial score (nSPS) is 16.8. The summed E-state index contributed by atoms with van der Waals surface area (Å²) in [7, 11) is 0. The summed E-state index contributed by atoms with van der Waals surface area (Å²) in [5.41, 5.74) is 0.0181. The number of halogens is 5. The number of ether oxygens (including phenoxy) is 2. The van der Waals surface area contributed by atoms with Crippen molar-refractivity contribution in [2.24, 2.45) is 0 Å². The third-order valence-corrected chi connectivity index (χ3v) is 3.63. The van der Waals surface area contributed by atoms with Gasteiger partial charge in [-0.1, -0.05) is 22.0 Å². The minimum Gasteiger partial charge on any atom is -0.486 e. The maximum atomic E-state index is 13.2. The second kappa shape index (κ2) is 4.95. The van der Waals surface area contributed by atoms with E-state index in [1.165, 1.54) is 18.2 Å². The summed E-state index contributed by atoms with van der Waals surface area (Å²) in [5.74, 6) is -3.44. The lowest BCUT2D eigenvalue weighted by atomic mass is 10.1. The van der Waals surface area contributed by atoms with Crippen LogP contribution in [-0.2, 0) is 0 Å². The Bertz CT molecular complexity index is 439. The number of fused-ring (bicyclic) bond motifs is 1. The van der Waals surface area contributed by atoms with Crippen LogP contribution in [0.4, 0.5) is 17.6 Å². The lowest BCUT2D eigenvalue weighted by Gasteiger charge is -2.24. The molecule has 1 heterocycles. The molecule has 0 bridgehead atoms. The molecule has 1 aromatic carbocycles. The highest BCUT2D eigenvalue weighted by atomic mass is 79.9. The molecule has 0 aliphatic carbocycles. The Kier molecular flexibility index (Phi) is 3.70. The Morgan fingerprint density at radius 2 is 1.72 bits per heavy atom. The molecule has 1 atom stereocenters. The smallest absolute Gasteiger partial charge is 0.323 e. The minimum atomic E-state index is -4.15. The molecule has 2 nitrogen and oxygen atoms in total. The third-order valence-electron chi connectivity index (χ3n) is 2.49. The predicted molar refractivity (Wildman–Crippen MR) is 60.1 cm³/mol. The molecule has 7 heteroatoms. The molecule has 0 spiro atoms. The number of hydrogen-bond acceptors (Lipinski definition) is 2. The molecule has 0 radical (unpaired) electrons. The van der Waals surface area contributed by atoms with Gasteiger partial charge < -0.3 is 9.47 Å². The van der Waals surface area contributed by atoms with E-state index in [-0.39, 0.29) is 11.3 Å². The molecule has 0 aromatic heterocycles. The highest BCUT2D eigenvalue weighted by Gasteiger charge is 2.48. The number of alkyl halides is 5. The summed E-state index contributed by atoms with van der Waals surface area (Å²) in [5, 5.41) is 0. The van der Waals surface area contributed by atoms with E-state index in [4.69, 9.17) is 9.47 Å². The zero-order chi connectivity index (χ0) is 13.3. The van der Waals surface area contributed by atoms with Crippen LogP contribution in [0.5, 0.6) is 11.5 Å². The quantitative estimate of drug-likeness (QED) is 0.620. The largest absolute Gasteiger partial charge is 0.486 e. The Morgan fingerprint density at radius 3 is 2.33 bits per heavy atom. The average Bonchev–Trinajstić information content (AvgIpc) is 2.37. The van der Waals surface area contributed by atoms with E-state index in [9.17, 15) is 17.6 Å². The van der Waals surface area contributed by atoms with Crippen LogP contribution >= 0.6 is 15.9 Å². The fourth-order valence-electron chi connectivity index (χ4n) is 1.55. The van der Waals surface area contributed by atoms with Crippen LogP contribution in [0.2, 0.25) is 0 Å². The summed E-state index contributed by atoms with van der Waals surface area (Å²) in [6.07, 6.45) is -3.74. The highest BCUT2D eigenvalue weighted by molar-refractivity contribution is 9.09. The molecular formula is C11H9BrF4O2.